The van der Waals surface area contributed by atoms with E-state index in [2.05, 4.69) is 17.6 Å². The number of hydrogen-bond acceptors (Lipinski definition) is 4. The summed E-state index contributed by atoms with van der Waals surface area (Å²) in [5.74, 6) is 0.846. The van der Waals surface area contributed by atoms with Gasteiger partial charge in [-0.3, -0.25) is 10.1 Å². The molecule has 1 aliphatic rings. The Bertz CT molecular complexity index is 458. The molecule has 0 amide bonds. The topological polar surface area (TPSA) is 67.2 Å². The Kier molecular flexibility index (Phi) is 5.21. The third-order valence-electron chi connectivity index (χ3n) is 3.81. The van der Waals surface area contributed by atoms with Gasteiger partial charge in [-0.05, 0) is 24.8 Å². The monoisotopic (exact) mass is 277 g/mol. The number of nitrogens with zero attached hydrogens (tertiary/aromatic N) is 1. The van der Waals surface area contributed by atoms with E-state index in [0.717, 1.165) is 43.2 Å². The van der Waals surface area contributed by atoms with Crippen LogP contribution in [0.5, 0.6) is 0 Å². The maximum Gasteiger partial charge on any atom is 0.273 e. The van der Waals surface area contributed by atoms with E-state index in [1.165, 1.54) is 19.3 Å². The SMILES string of the molecule is CCCNc1cc(NCCC2CCC2)cc([N+](=O)[O-])c1. The summed E-state index contributed by atoms with van der Waals surface area (Å²) in [5.41, 5.74) is 1.78. The van der Waals surface area contributed by atoms with Crippen LogP contribution in [0.3, 0.4) is 0 Å². The molecule has 1 fully saturated rings. The molecule has 2 rings (SSSR count). The van der Waals surface area contributed by atoms with Crippen molar-refractivity contribution in [2.45, 2.75) is 39.0 Å². The molecule has 5 heteroatoms. The van der Waals surface area contributed by atoms with Crippen molar-refractivity contribution in [3.05, 3.63) is 28.3 Å². The van der Waals surface area contributed by atoms with E-state index in [4.69, 9.17) is 0 Å². The zero-order valence-corrected chi connectivity index (χ0v) is 12.0. The fourth-order valence-electron chi connectivity index (χ4n) is 2.39. The minimum absolute atomic E-state index is 0.136. The van der Waals surface area contributed by atoms with Gasteiger partial charge in [0.05, 0.1) is 4.92 Å². The average molecular weight is 277 g/mol. The van der Waals surface area contributed by atoms with Crippen LogP contribution in [0.4, 0.5) is 17.1 Å². The molecule has 0 spiro atoms. The molecule has 0 saturated heterocycles. The predicted molar refractivity (Wildman–Crippen MR) is 82.3 cm³/mol. The zero-order valence-electron chi connectivity index (χ0n) is 12.0. The number of nitro benzene ring substituents is 1. The van der Waals surface area contributed by atoms with Gasteiger partial charge in [-0.1, -0.05) is 26.2 Å². The number of anilines is 2. The van der Waals surface area contributed by atoms with Crippen molar-refractivity contribution in [3.8, 4) is 0 Å². The smallest absolute Gasteiger partial charge is 0.273 e. The molecule has 1 aromatic carbocycles. The fraction of sp³-hybridized carbons (Fsp3) is 0.600. The highest BCUT2D eigenvalue weighted by molar-refractivity contribution is 5.63. The van der Waals surface area contributed by atoms with E-state index in [1.807, 2.05) is 6.07 Å². The van der Waals surface area contributed by atoms with Crippen LogP contribution < -0.4 is 10.6 Å². The lowest BCUT2D eigenvalue weighted by molar-refractivity contribution is -0.384. The van der Waals surface area contributed by atoms with Crippen LogP contribution in [-0.4, -0.2) is 18.0 Å². The Morgan fingerprint density at radius 3 is 2.35 bits per heavy atom. The Morgan fingerprint density at radius 2 is 1.85 bits per heavy atom. The Balaban J connectivity index is 1.97. The first-order valence-electron chi connectivity index (χ1n) is 7.46. The molecule has 0 heterocycles. The number of hydrogen-bond donors (Lipinski definition) is 2. The van der Waals surface area contributed by atoms with Crippen LogP contribution in [0.15, 0.2) is 18.2 Å². The molecule has 1 aromatic rings. The second-order valence-corrected chi connectivity index (χ2v) is 5.46. The van der Waals surface area contributed by atoms with Gasteiger partial charge in [0, 0.05) is 36.6 Å². The lowest BCUT2D eigenvalue weighted by Crippen LogP contribution is -2.15. The van der Waals surface area contributed by atoms with Gasteiger partial charge in [0.15, 0.2) is 0 Å². The highest BCUT2D eigenvalue weighted by Gasteiger charge is 2.16. The first-order valence-corrected chi connectivity index (χ1v) is 7.46. The van der Waals surface area contributed by atoms with E-state index in [0.29, 0.717) is 0 Å². The molecule has 0 unspecified atom stereocenters. The van der Waals surface area contributed by atoms with Crippen molar-refractivity contribution >= 4 is 17.1 Å². The van der Waals surface area contributed by atoms with Crippen molar-refractivity contribution in [2.24, 2.45) is 5.92 Å². The molecule has 1 saturated carbocycles. The first-order chi connectivity index (χ1) is 9.69. The highest BCUT2D eigenvalue weighted by atomic mass is 16.6. The van der Waals surface area contributed by atoms with Crippen LogP contribution in [-0.2, 0) is 0 Å². The van der Waals surface area contributed by atoms with Gasteiger partial charge in [0.25, 0.3) is 5.69 Å². The van der Waals surface area contributed by atoms with Crippen molar-refractivity contribution < 1.29 is 4.92 Å². The molecular weight excluding hydrogens is 254 g/mol. The van der Waals surface area contributed by atoms with Crippen LogP contribution in [0.25, 0.3) is 0 Å². The molecule has 2 N–H and O–H groups in total. The van der Waals surface area contributed by atoms with E-state index in [9.17, 15) is 10.1 Å². The standard InChI is InChI=1S/C15H23N3O2/c1-2-7-16-13-9-14(11-15(10-13)18(19)20)17-8-6-12-4-3-5-12/h9-12,16-17H,2-8H2,1H3. The third-order valence-corrected chi connectivity index (χ3v) is 3.81. The number of nitro groups is 1. The Hall–Kier alpha value is -1.78. The normalized spacial score (nSPS) is 14.7. The third kappa shape index (κ3) is 4.11. The highest BCUT2D eigenvalue weighted by Crippen LogP contribution is 2.30. The Labute approximate surface area is 119 Å². The quantitative estimate of drug-likeness (QED) is 0.556. The summed E-state index contributed by atoms with van der Waals surface area (Å²) >= 11 is 0. The van der Waals surface area contributed by atoms with Gasteiger partial charge in [-0.2, -0.15) is 0 Å². The number of nitrogens with one attached hydrogen (secondary N) is 2. The summed E-state index contributed by atoms with van der Waals surface area (Å²) in [4.78, 5) is 10.6. The van der Waals surface area contributed by atoms with Crippen LogP contribution in [0.2, 0.25) is 0 Å². The zero-order chi connectivity index (χ0) is 14.4. The molecule has 0 radical (unpaired) electrons. The van der Waals surface area contributed by atoms with Crippen molar-refractivity contribution in [1.82, 2.24) is 0 Å². The van der Waals surface area contributed by atoms with E-state index in [1.54, 1.807) is 12.1 Å². The lowest BCUT2D eigenvalue weighted by Gasteiger charge is -2.25. The summed E-state index contributed by atoms with van der Waals surface area (Å²) in [6, 6.07) is 5.15. The Morgan fingerprint density at radius 1 is 1.20 bits per heavy atom. The summed E-state index contributed by atoms with van der Waals surface area (Å²) < 4.78 is 0. The lowest BCUT2D eigenvalue weighted by atomic mass is 9.83. The minimum atomic E-state index is -0.339. The van der Waals surface area contributed by atoms with Gasteiger partial charge in [0.2, 0.25) is 0 Å². The number of rotatable bonds is 8. The van der Waals surface area contributed by atoms with E-state index in [-0.39, 0.29) is 10.6 Å². The van der Waals surface area contributed by atoms with Crippen molar-refractivity contribution in [2.75, 3.05) is 23.7 Å². The summed E-state index contributed by atoms with van der Waals surface area (Å²) in [5, 5.41) is 17.5. The molecule has 0 bridgehead atoms. The second kappa shape index (κ2) is 7.12. The van der Waals surface area contributed by atoms with Gasteiger partial charge in [-0.25, -0.2) is 0 Å². The van der Waals surface area contributed by atoms with Gasteiger partial charge < -0.3 is 10.6 Å². The van der Waals surface area contributed by atoms with Crippen LogP contribution in [0.1, 0.15) is 39.0 Å². The van der Waals surface area contributed by atoms with E-state index < -0.39 is 0 Å². The molecule has 0 aromatic heterocycles. The fourth-order valence-corrected chi connectivity index (χ4v) is 2.39. The largest absolute Gasteiger partial charge is 0.385 e. The molecule has 5 nitrogen and oxygen atoms in total. The van der Waals surface area contributed by atoms with Gasteiger partial charge >= 0.3 is 0 Å². The molecular formula is C15H23N3O2. The summed E-state index contributed by atoms with van der Waals surface area (Å²) in [6.07, 6.45) is 6.17. The number of benzene rings is 1. The van der Waals surface area contributed by atoms with Gasteiger partial charge in [0.1, 0.15) is 0 Å². The molecule has 0 aliphatic heterocycles. The average Bonchev–Trinajstić information content (AvgIpc) is 2.39. The molecule has 110 valence electrons. The van der Waals surface area contributed by atoms with Crippen molar-refractivity contribution in [1.29, 1.82) is 0 Å². The van der Waals surface area contributed by atoms with Crippen LogP contribution in [0, 0.1) is 16.0 Å². The van der Waals surface area contributed by atoms with Crippen LogP contribution >= 0.6 is 0 Å². The molecule has 20 heavy (non-hydrogen) atoms. The van der Waals surface area contributed by atoms with Gasteiger partial charge in [-0.15, -0.1) is 0 Å². The number of non-ortho nitro benzene ring substituents is 1. The summed E-state index contributed by atoms with van der Waals surface area (Å²) in [6.45, 7) is 3.78. The van der Waals surface area contributed by atoms with E-state index >= 15 is 0 Å². The maximum absolute atomic E-state index is 11.0. The summed E-state index contributed by atoms with van der Waals surface area (Å²) in [7, 11) is 0. The molecule has 1 aliphatic carbocycles. The minimum Gasteiger partial charge on any atom is -0.385 e. The predicted octanol–water partition coefficient (Wildman–Crippen LogP) is 4.02. The second-order valence-electron chi connectivity index (χ2n) is 5.46. The maximum atomic E-state index is 11.0. The first kappa shape index (κ1) is 14.6. The van der Waals surface area contributed by atoms with Crippen molar-refractivity contribution in [3.63, 3.8) is 0 Å². The molecule has 0 atom stereocenters.